The summed E-state index contributed by atoms with van der Waals surface area (Å²) in [6.07, 6.45) is -0.632. The number of carboxylic acid groups (broad SMARTS) is 1. The van der Waals surface area contributed by atoms with Gasteiger partial charge >= 0.3 is 12.1 Å². The Kier molecular flexibility index (Phi) is 6.82. The highest BCUT2D eigenvalue weighted by atomic mass is 19.4. The third-order valence-corrected chi connectivity index (χ3v) is 4.92. The molecule has 168 valence electrons. The second kappa shape index (κ2) is 9.54. The zero-order valence-electron chi connectivity index (χ0n) is 17.0. The number of amides is 1. The lowest BCUT2D eigenvalue weighted by atomic mass is 9.98. The van der Waals surface area contributed by atoms with E-state index < -0.39 is 12.1 Å². The van der Waals surface area contributed by atoms with E-state index in [0.29, 0.717) is 17.9 Å². The van der Waals surface area contributed by atoms with Crippen molar-refractivity contribution < 1.29 is 32.6 Å². The van der Waals surface area contributed by atoms with Crippen LogP contribution in [0.25, 0.3) is 11.1 Å². The number of carbonyl (C=O) groups is 2. The molecule has 0 saturated heterocycles. The van der Waals surface area contributed by atoms with Crippen molar-refractivity contribution in [2.75, 3.05) is 13.7 Å². The summed E-state index contributed by atoms with van der Waals surface area (Å²) in [5.41, 5.74) is 5.06. The summed E-state index contributed by atoms with van der Waals surface area (Å²) in [7, 11) is 1.59. The molecule has 0 saturated carbocycles. The number of fused-ring (bicyclic) bond motifs is 1. The Morgan fingerprint density at radius 1 is 1.12 bits per heavy atom. The maximum Gasteiger partial charge on any atom is 0.490 e. The van der Waals surface area contributed by atoms with Gasteiger partial charge in [-0.1, -0.05) is 30.3 Å². The number of nitrogens with zero attached hydrogens (tertiary/aromatic N) is 2. The summed E-state index contributed by atoms with van der Waals surface area (Å²) < 4.78 is 37.2. The van der Waals surface area contributed by atoms with Crippen LogP contribution < -0.4 is 4.74 Å². The Morgan fingerprint density at radius 2 is 1.81 bits per heavy atom. The molecule has 2 aromatic carbocycles. The molecule has 0 aliphatic carbocycles. The van der Waals surface area contributed by atoms with Gasteiger partial charge in [0, 0.05) is 24.8 Å². The van der Waals surface area contributed by atoms with E-state index in [4.69, 9.17) is 14.6 Å². The quantitative estimate of drug-likeness (QED) is 0.635. The third-order valence-electron chi connectivity index (χ3n) is 4.92. The number of carbonyl (C=O) groups excluding carboxylic acids is 1. The van der Waals surface area contributed by atoms with Gasteiger partial charge < -0.3 is 14.7 Å². The van der Waals surface area contributed by atoms with Crippen molar-refractivity contribution in [1.29, 1.82) is 0 Å². The molecule has 4 rings (SSSR count). The summed E-state index contributed by atoms with van der Waals surface area (Å²) in [5.74, 6) is -2.17. The zero-order valence-corrected chi connectivity index (χ0v) is 17.0. The molecule has 0 fully saturated rings. The number of hydrogen-bond donors (Lipinski definition) is 2. The van der Waals surface area contributed by atoms with Gasteiger partial charge in [0.1, 0.15) is 5.75 Å². The average Bonchev–Trinajstić information content (AvgIpc) is 3.32. The first kappa shape index (κ1) is 22.9. The van der Waals surface area contributed by atoms with E-state index >= 15 is 0 Å². The monoisotopic (exact) mass is 447 g/mol. The molecular formula is C22H20F3N3O4. The van der Waals surface area contributed by atoms with Crippen LogP contribution in [0.4, 0.5) is 13.2 Å². The predicted octanol–water partition coefficient (Wildman–Crippen LogP) is 3.92. The van der Waals surface area contributed by atoms with Crippen LogP contribution in [0.1, 0.15) is 21.5 Å². The second-order valence-electron chi connectivity index (χ2n) is 6.95. The smallest absolute Gasteiger partial charge is 0.490 e. The number of rotatable bonds is 3. The minimum atomic E-state index is -5.08. The summed E-state index contributed by atoms with van der Waals surface area (Å²) >= 11 is 0. The van der Waals surface area contributed by atoms with Crippen molar-refractivity contribution in [3.63, 3.8) is 0 Å². The molecule has 0 atom stereocenters. The van der Waals surface area contributed by atoms with Gasteiger partial charge in [0.15, 0.2) is 0 Å². The maximum absolute atomic E-state index is 13.0. The van der Waals surface area contributed by atoms with Crippen LogP contribution in [-0.4, -0.2) is 51.9 Å². The fourth-order valence-electron chi connectivity index (χ4n) is 3.30. The van der Waals surface area contributed by atoms with Crippen LogP contribution in [-0.2, 0) is 17.8 Å². The number of alkyl halides is 3. The Labute approximate surface area is 181 Å². The normalized spacial score (nSPS) is 12.9. The molecular weight excluding hydrogens is 427 g/mol. The van der Waals surface area contributed by atoms with E-state index in [1.165, 1.54) is 11.1 Å². The van der Waals surface area contributed by atoms with E-state index in [1.54, 1.807) is 13.3 Å². The fraction of sp³-hybridized carbons (Fsp3) is 0.227. The summed E-state index contributed by atoms with van der Waals surface area (Å²) in [4.78, 5) is 23.8. The summed E-state index contributed by atoms with van der Waals surface area (Å²) in [6.45, 7) is 1.37. The Balaban J connectivity index is 0.000000360. The number of methoxy groups -OCH3 is 1. The first-order valence-corrected chi connectivity index (χ1v) is 9.54. The van der Waals surface area contributed by atoms with Gasteiger partial charge in [-0.15, -0.1) is 0 Å². The highest BCUT2D eigenvalue weighted by Gasteiger charge is 2.38. The maximum atomic E-state index is 13.0. The van der Waals surface area contributed by atoms with E-state index in [1.807, 2.05) is 41.4 Å². The SMILES string of the molecule is COc1cc(-c2cn[nH]c2)ccc1C(=O)N1CCc2ccccc2C1.O=C(O)C(F)(F)F. The molecule has 2 heterocycles. The highest BCUT2D eigenvalue weighted by molar-refractivity contribution is 5.97. The van der Waals surface area contributed by atoms with Crippen molar-refractivity contribution in [2.45, 2.75) is 19.1 Å². The molecule has 1 aliphatic heterocycles. The standard InChI is InChI=1S/C20H19N3O2.C2HF3O2/c1-25-19-10-15(17-11-21-22-12-17)6-7-18(19)20(24)23-9-8-14-4-2-3-5-16(14)13-23;3-2(4,5)1(6)7/h2-7,10-12H,8-9,13H2,1H3,(H,21,22);(H,6,7). The Bertz CT molecular complexity index is 1100. The van der Waals surface area contributed by atoms with Gasteiger partial charge in [0.2, 0.25) is 0 Å². The van der Waals surface area contributed by atoms with Gasteiger partial charge in [0.25, 0.3) is 5.91 Å². The second-order valence-corrected chi connectivity index (χ2v) is 6.95. The van der Waals surface area contributed by atoms with E-state index in [2.05, 4.69) is 22.3 Å². The van der Waals surface area contributed by atoms with Gasteiger partial charge in [-0.05, 0) is 35.2 Å². The van der Waals surface area contributed by atoms with Crippen LogP contribution >= 0.6 is 0 Å². The number of nitrogens with one attached hydrogen (secondary N) is 1. The number of aromatic amines is 1. The van der Waals surface area contributed by atoms with Crippen molar-refractivity contribution >= 4 is 11.9 Å². The first-order valence-electron chi connectivity index (χ1n) is 9.54. The molecule has 1 aromatic heterocycles. The molecule has 2 N–H and O–H groups in total. The Morgan fingerprint density at radius 3 is 2.41 bits per heavy atom. The van der Waals surface area contributed by atoms with Crippen molar-refractivity contribution in [1.82, 2.24) is 15.1 Å². The van der Waals surface area contributed by atoms with Gasteiger partial charge in [-0.25, -0.2) is 4.79 Å². The number of aromatic nitrogens is 2. The van der Waals surface area contributed by atoms with E-state index in [9.17, 15) is 18.0 Å². The minimum absolute atomic E-state index is 0.00472. The number of ether oxygens (including phenoxy) is 1. The molecule has 0 spiro atoms. The highest BCUT2D eigenvalue weighted by Crippen LogP contribution is 2.29. The molecule has 0 radical (unpaired) electrons. The van der Waals surface area contributed by atoms with Gasteiger partial charge in [-0.3, -0.25) is 9.89 Å². The van der Waals surface area contributed by atoms with Crippen LogP contribution in [0.3, 0.4) is 0 Å². The third kappa shape index (κ3) is 5.26. The van der Waals surface area contributed by atoms with Crippen molar-refractivity contribution in [3.05, 3.63) is 71.5 Å². The van der Waals surface area contributed by atoms with Crippen LogP contribution in [0.15, 0.2) is 54.9 Å². The summed E-state index contributed by atoms with van der Waals surface area (Å²) in [6, 6.07) is 13.9. The number of halogens is 3. The average molecular weight is 447 g/mol. The van der Waals surface area contributed by atoms with Crippen molar-refractivity contribution in [2.24, 2.45) is 0 Å². The summed E-state index contributed by atoms with van der Waals surface area (Å²) in [5, 5.41) is 13.9. The lowest BCUT2D eigenvalue weighted by Crippen LogP contribution is -2.36. The largest absolute Gasteiger partial charge is 0.496 e. The predicted molar refractivity (Wildman–Crippen MR) is 109 cm³/mol. The van der Waals surface area contributed by atoms with Crippen LogP contribution in [0.2, 0.25) is 0 Å². The molecule has 10 heteroatoms. The number of benzene rings is 2. The van der Waals surface area contributed by atoms with E-state index in [-0.39, 0.29) is 5.91 Å². The fourth-order valence-corrected chi connectivity index (χ4v) is 3.30. The Hall–Kier alpha value is -3.82. The number of H-pyrrole nitrogens is 1. The molecule has 1 amide bonds. The minimum Gasteiger partial charge on any atom is -0.496 e. The topological polar surface area (TPSA) is 95.5 Å². The van der Waals surface area contributed by atoms with Crippen LogP contribution in [0.5, 0.6) is 5.75 Å². The molecule has 0 bridgehead atoms. The number of carboxylic acids is 1. The molecule has 1 aliphatic rings. The molecule has 7 nitrogen and oxygen atoms in total. The van der Waals surface area contributed by atoms with E-state index in [0.717, 1.165) is 24.1 Å². The van der Waals surface area contributed by atoms with Gasteiger partial charge in [-0.2, -0.15) is 18.3 Å². The number of aliphatic carboxylic acids is 1. The molecule has 32 heavy (non-hydrogen) atoms. The van der Waals surface area contributed by atoms with Gasteiger partial charge in [0.05, 0.1) is 18.9 Å². The lowest BCUT2D eigenvalue weighted by Gasteiger charge is -2.29. The first-order chi connectivity index (χ1) is 15.2. The van der Waals surface area contributed by atoms with Crippen LogP contribution in [0, 0.1) is 0 Å². The lowest BCUT2D eigenvalue weighted by molar-refractivity contribution is -0.192. The molecule has 3 aromatic rings. The molecule has 0 unspecified atom stereocenters. The van der Waals surface area contributed by atoms with Crippen molar-refractivity contribution in [3.8, 4) is 16.9 Å². The zero-order chi connectivity index (χ0) is 23.3. The number of hydrogen-bond acceptors (Lipinski definition) is 4.